The molecule has 0 saturated carbocycles. The third-order valence-corrected chi connectivity index (χ3v) is 2.37. The molecule has 2 aliphatic carbocycles. The van der Waals surface area contributed by atoms with Gasteiger partial charge in [-0.3, -0.25) is 0 Å². The highest BCUT2D eigenvalue weighted by Gasteiger charge is 2.01. The average Bonchev–Trinajstić information content (AvgIpc) is 2.75. The van der Waals surface area contributed by atoms with Crippen LogP contribution in [0.15, 0.2) is 60.8 Å². The lowest BCUT2D eigenvalue weighted by Gasteiger charge is -2.00. The van der Waals surface area contributed by atoms with E-state index < -0.39 is 0 Å². The van der Waals surface area contributed by atoms with Gasteiger partial charge in [0.2, 0.25) is 0 Å². The lowest BCUT2D eigenvalue weighted by Crippen LogP contribution is -1.86. The Morgan fingerprint density at radius 1 is 0.846 bits per heavy atom. The van der Waals surface area contributed by atoms with Crippen molar-refractivity contribution in [3.63, 3.8) is 0 Å². The Kier molecular flexibility index (Phi) is 2.61. The molecule has 0 saturated heterocycles. The number of hydrogen-bond donors (Lipinski definition) is 0. The molecule has 2 rings (SSSR count). The van der Waals surface area contributed by atoms with Crippen LogP contribution in [0.25, 0.3) is 0 Å². The van der Waals surface area contributed by atoms with Gasteiger partial charge in [0.1, 0.15) is 0 Å². The zero-order valence-electron chi connectivity index (χ0n) is 7.64. The first-order valence-electron chi connectivity index (χ1n) is 4.82. The molecule has 0 fully saturated rings. The summed E-state index contributed by atoms with van der Waals surface area (Å²) in [4.78, 5) is 0. The summed E-state index contributed by atoms with van der Waals surface area (Å²) in [5.41, 5.74) is 0. The minimum atomic E-state index is 0.536. The molecule has 0 aliphatic heterocycles. The Morgan fingerprint density at radius 2 is 1.46 bits per heavy atom. The van der Waals surface area contributed by atoms with Crippen molar-refractivity contribution in [3.05, 3.63) is 60.8 Å². The van der Waals surface area contributed by atoms with Gasteiger partial charge in [-0.15, -0.1) is 0 Å². The van der Waals surface area contributed by atoms with Crippen molar-refractivity contribution in [2.75, 3.05) is 0 Å². The normalized spacial score (nSPS) is 21.5. The first kappa shape index (κ1) is 8.31. The molecule has 0 aromatic rings. The largest absolute Gasteiger partial charge is 0.0867 e. The smallest absolute Gasteiger partial charge is 0.0133 e. The molecule has 0 atom stereocenters. The Morgan fingerprint density at radius 3 is 2.15 bits per heavy atom. The van der Waals surface area contributed by atoms with E-state index in [9.17, 15) is 0 Å². The summed E-state index contributed by atoms with van der Waals surface area (Å²) in [5, 5.41) is 0. The highest BCUT2D eigenvalue weighted by Crippen LogP contribution is 2.16. The van der Waals surface area contributed by atoms with Crippen LogP contribution in [-0.4, -0.2) is 0 Å². The van der Waals surface area contributed by atoms with Crippen LogP contribution in [0.4, 0.5) is 0 Å². The van der Waals surface area contributed by atoms with E-state index in [4.69, 9.17) is 0 Å². The monoisotopic (exact) mass is 170 g/mol. The van der Waals surface area contributed by atoms with Crippen LogP contribution in [0, 0.1) is 11.8 Å². The van der Waals surface area contributed by atoms with Gasteiger partial charge in [-0.25, -0.2) is 0 Å². The fourth-order valence-electron chi connectivity index (χ4n) is 1.61. The third-order valence-electron chi connectivity index (χ3n) is 2.37. The van der Waals surface area contributed by atoms with E-state index in [0.29, 0.717) is 11.8 Å². The molecule has 0 unspecified atom stereocenters. The SMILES string of the molecule is C1=CC(/C=C/CC2C=CC=C2)C=C1. The van der Waals surface area contributed by atoms with Gasteiger partial charge in [-0.2, -0.15) is 0 Å². The van der Waals surface area contributed by atoms with Gasteiger partial charge in [0, 0.05) is 5.92 Å². The van der Waals surface area contributed by atoms with E-state index >= 15 is 0 Å². The molecule has 0 heteroatoms. The summed E-state index contributed by atoms with van der Waals surface area (Å²) in [5.74, 6) is 1.17. The maximum absolute atomic E-state index is 2.27. The van der Waals surface area contributed by atoms with Crippen LogP contribution in [0.5, 0.6) is 0 Å². The molecule has 2 aliphatic rings. The second-order valence-electron chi connectivity index (χ2n) is 3.44. The maximum atomic E-state index is 2.27. The van der Waals surface area contributed by atoms with Gasteiger partial charge in [0.15, 0.2) is 0 Å². The Balaban J connectivity index is 1.78. The first-order chi connectivity index (χ1) is 6.45. The summed E-state index contributed by atoms with van der Waals surface area (Å²) in [6, 6.07) is 0. The number of hydrogen-bond acceptors (Lipinski definition) is 0. The van der Waals surface area contributed by atoms with Gasteiger partial charge < -0.3 is 0 Å². The van der Waals surface area contributed by atoms with Crippen molar-refractivity contribution < 1.29 is 0 Å². The molecule has 0 aromatic carbocycles. The Hall–Kier alpha value is -1.30. The van der Waals surface area contributed by atoms with Crippen molar-refractivity contribution in [2.24, 2.45) is 11.8 Å². The molecule has 66 valence electrons. The molecule has 13 heavy (non-hydrogen) atoms. The summed E-state index contributed by atoms with van der Waals surface area (Å²) >= 11 is 0. The minimum absolute atomic E-state index is 0.536. The Bertz CT molecular complexity index is 276. The molecule has 0 radical (unpaired) electrons. The van der Waals surface area contributed by atoms with Crippen molar-refractivity contribution in [1.82, 2.24) is 0 Å². The van der Waals surface area contributed by atoms with Crippen LogP contribution >= 0.6 is 0 Å². The third kappa shape index (κ3) is 2.32. The van der Waals surface area contributed by atoms with Gasteiger partial charge in [-0.1, -0.05) is 60.8 Å². The highest BCUT2D eigenvalue weighted by molar-refractivity contribution is 5.23. The van der Waals surface area contributed by atoms with Crippen LogP contribution < -0.4 is 0 Å². The topological polar surface area (TPSA) is 0 Å². The highest BCUT2D eigenvalue weighted by atomic mass is 14.1. The van der Waals surface area contributed by atoms with E-state index in [-0.39, 0.29) is 0 Å². The average molecular weight is 170 g/mol. The molecular formula is C13H14. The summed E-state index contributed by atoms with van der Waals surface area (Å²) in [7, 11) is 0. The quantitative estimate of drug-likeness (QED) is 0.569. The van der Waals surface area contributed by atoms with E-state index in [2.05, 4.69) is 60.8 Å². The molecule has 0 amide bonds. The van der Waals surface area contributed by atoms with Crippen LogP contribution in [0.1, 0.15) is 6.42 Å². The zero-order valence-corrected chi connectivity index (χ0v) is 7.64. The van der Waals surface area contributed by atoms with Gasteiger partial charge in [0.05, 0.1) is 0 Å². The van der Waals surface area contributed by atoms with E-state index in [1.165, 1.54) is 0 Å². The van der Waals surface area contributed by atoms with Crippen molar-refractivity contribution in [1.29, 1.82) is 0 Å². The molecule has 0 nitrogen and oxygen atoms in total. The van der Waals surface area contributed by atoms with Crippen molar-refractivity contribution >= 4 is 0 Å². The fraction of sp³-hybridized carbons (Fsp3) is 0.231. The van der Waals surface area contributed by atoms with Crippen LogP contribution in [0.2, 0.25) is 0 Å². The lowest BCUT2D eigenvalue weighted by atomic mass is 10.1. The van der Waals surface area contributed by atoms with Crippen molar-refractivity contribution in [2.45, 2.75) is 6.42 Å². The molecule has 0 spiro atoms. The van der Waals surface area contributed by atoms with E-state index in [1.54, 1.807) is 0 Å². The van der Waals surface area contributed by atoms with Gasteiger partial charge in [-0.05, 0) is 12.3 Å². The second-order valence-corrected chi connectivity index (χ2v) is 3.44. The predicted molar refractivity (Wildman–Crippen MR) is 57.3 cm³/mol. The minimum Gasteiger partial charge on any atom is -0.0867 e. The summed E-state index contributed by atoms with van der Waals surface area (Å²) < 4.78 is 0. The molecule has 0 N–H and O–H groups in total. The summed E-state index contributed by atoms with van der Waals surface area (Å²) in [6.45, 7) is 0. The van der Waals surface area contributed by atoms with Crippen molar-refractivity contribution in [3.8, 4) is 0 Å². The maximum Gasteiger partial charge on any atom is 0.0133 e. The summed E-state index contributed by atoms with van der Waals surface area (Å²) in [6.07, 6.45) is 23.0. The fourth-order valence-corrected chi connectivity index (χ4v) is 1.61. The number of allylic oxidation sites excluding steroid dienone is 10. The van der Waals surface area contributed by atoms with E-state index in [1.807, 2.05) is 0 Å². The zero-order chi connectivity index (χ0) is 8.93. The Labute approximate surface area is 79.7 Å². The standard InChI is InChI=1S/C13H14/c1-2-7-12(6-1)10-5-11-13-8-3-4-9-13/h1-10,12-13H,11H2/b10-5+. The van der Waals surface area contributed by atoms with Crippen LogP contribution in [0.3, 0.4) is 0 Å². The molecule has 0 bridgehead atoms. The second kappa shape index (κ2) is 4.08. The molecular weight excluding hydrogens is 156 g/mol. The first-order valence-corrected chi connectivity index (χ1v) is 4.82. The van der Waals surface area contributed by atoms with E-state index in [0.717, 1.165) is 6.42 Å². The van der Waals surface area contributed by atoms with Gasteiger partial charge >= 0.3 is 0 Å². The number of rotatable bonds is 3. The van der Waals surface area contributed by atoms with Crippen LogP contribution in [-0.2, 0) is 0 Å². The molecule has 0 heterocycles. The predicted octanol–water partition coefficient (Wildman–Crippen LogP) is 3.42. The van der Waals surface area contributed by atoms with Gasteiger partial charge in [0.25, 0.3) is 0 Å². The lowest BCUT2D eigenvalue weighted by molar-refractivity contribution is 0.838. The molecule has 0 aromatic heterocycles.